The molecule has 0 bridgehead atoms. The molecular weight excluding hydrogens is 306 g/mol. The minimum absolute atomic E-state index is 0.0713. The lowest BCUT2D eigenvalue weighted by atomic mass is 9.88. The van der Waals surface area contributed by atoms with Gasteiger partial charge in [0.15, 0.2) is 0 Å². The van der Waals surface area contributed by atoms with Crippen molar-refractivity contribution in [3.63, 3.8) is 0 Å². The molecule has 1 aliphatic heterocycles. The molecule has 0 N–H and O–H groups in total. The summed E-state index contributed by atoms with van der Waals surface area (Å²) in [7, 11) is 0. The number of hydrogen-bond donors (Lipinski definition) is 0. The van der Waals surface area contributed by atoms with Crippen LogP contribution in [0.2, 0.25) is 5.02 Å². The molecule has 1 heterocycles. The fourth-order valence-electron chi connectivity index (χ4n) is 3.34. The van der Waals surface area contributed by atoms with Crippen LogP contribution in [0.3, 0.4) is 0 Å². The van der Waals surface area contributed by atoms with Crippen LogP contribution < -0.4 is 0 Å². The summed E-state index contributed by atoms with van der Waals surface area (Å²) >= 11 is 6.46. The van der Waals surface area contributed by atoms with Crippen LogP contribution in [0.25, 0.3) is 0 Å². The topological polar surface area (TPSA) is 20.3 Å². The Hall–Kier alpha value is -1.80. The van der Waals surface area contributed by atoms with Crippen molar-refractivity contribution in [1.29, 1.82) is 0 Å². The van der Waals surface area contributed by atoms with Crippen LogP contribution in [0.15, 0.2) is 48.5 Å². The van der Waals surface area contributed by atoms with Crippen LogP contribution in [0.4, 0.5) is 0 Å². The average molecular weight is 328 g/mol. The zero-order chi connectivity index (χ0) is 16.2. The first-order valence-electron chi connectivity index (χ1n) is 8.34. The van der Waals surface area contributed by atoms with Crippen LogP contribution in [0, 0.1) is 0 Å². The van der Waals surface area contributed by atoms with Gasteiger partial charge in [-0.3, -0.25) is 4.79 Å². The lowest BCUT2D eigenvalue weighted by Crippen LogP contribution is -2.40. The van der Waals surface area contributed by atoms with Crippen molar-refractivity contribution >= 4 is 17.5 Å². The first-order chi connectivity index (χ1) is 11.2. The SMILES string of the molecule is CCCCC(=O)N1CCc2ccccc2C1c1ccccc1Cl. The molecular formula is C20H22ClNO. The highest BCUT2D eigenvalue weighted by Crippen LogP contribution is 2.38. The molecule has 2 nitrogen and oxygen atoms in total. The van der Waals surface area contributed by atoms with Gasteiger partial charge in [0.05, 0.1) is 6.04 Å². The summed E-state index contributed by atoms with van der Waals surface area (Å²) in [6, 6.07) is 16.2. The number of carbonyl (C=O) groups is 1. The van der Waals surface area contributed by atoms with Gasteiger partial charge in [0, 0.05) is 18.0 Å². The second-order valence-electron chi connectivity index (χ2n) is 6.06. The molecule has 0 radical (unpaired) electrons. The van der Waals surface area contributed by atoms with Gasteiger partial charge in [-0.15, -0.1) is 0 Å². The monoisotopic (exact) mass is 327 g/mol. The number of unbranched alkanes of at least 4 members (excludes halogenated alkanes) is 1. The van der Waals surface area contributed by atoms with E-state index in [-0.39, 0.29) is 11.9 Å². The molecule has 0 saturated heterocycles. The Morgan fingerprint density at radius 2 is 1.83 bits per heavy atom. The van der Waals surface area contributed by atoms with Crippen molar-refractivity contribution in [2.45, 2.75) is 38.6 Å². The molecule has 120 valence electrons. The fraction of sp³-hybridized carbons (Fsp3) is 0.350. The molecule has 3 rings (SSSR count). The number of hydrogen-bond acceptors (Lipinski definition) is 1. The number of benzene rings is 2. The normalized spacial score (nSPS) is 17.0. The Morgan fingerprint density at radius 3 is 2.57 bits per heavy atom. The van der Waals surface area contributed by atoms with Crippen molar-refractivity contribution < 1.29 is 4.79 Å². The van der Waals surface area contributed by atoms with E-state index in [9.17, 15) is 4.79 Å². The zero-order valence-corrected chi connectivity index (χ0v) is 14.2. The van der Waals surface area contributed by atoms with Crippen molar-refractivity contribution in [1.82, 2.24) is 4.90 Å². The van der Waals surface area contributed by atoms with E-state index in [2.05, 4.69) is 25.1 Å². The maximum atomic E-state index is 12.7. The average Bonchev–Trinajstić information content (AvgIpc) is 2.59. The molecule has 1 aliphatic rings. The van der Waals surface area contributed by atoms with Gasteiger partial charge in [0.2, 0.25) is 5.91 Å². The maximum Gasteiger partial charge on any atom is 0.223 e. The molecule has 0 aliphatic carbocycles. The molecule has 2 aromatic rings. The lowest BCUT2D eigenvalue weighted by molar-refractivity contribution is -0.133. The van der Waals surface area contributed by atoms with E-state index in [1.807, 2.05) is 35.2 Å². The molecule has 1 atom stereocenters. The van der Waals surface area contributed by atoms with E-state index in [4.69, 9.17) is 11.6 Å². The summed E-state index contributed by atoms with van der Waals surface area (Å²) in [6.07, 6.45) is 3.49. The first-order valence-corrected chi connectivity index (χ1v) is 8.72. The van der Waals surface area contributed by atoms with E-state index < -0.39 is 0 Å². The van der Waals surface area contributed by atoms with Crippen LogP contribution in [0.5, 0.6) is 0 Å². The van der Waals surface area contributed by atoms with Crippen LogP contribution in [0.1, 0.15) is 48.9 Å². The van der Waals surface area contributed by atoms with Crippen LogP contribution in [-0.2, 0) is 11.2 Å². The van der Waals surface area contributed by atoms with Gasteiger partial charge < -0.3 is 4.90 Å². The summed E-state index contributed by atoms with van der Waals surface area (Å²) in [5.41, 5.74) is 3.54. The van der Waals surface area contributed by atoms with Gasteiger partial charge >= 0.3 is 0 Å². The minimum Gasteiger partial charge on any atom is -0.331 e. The summed E-state index contributed by atoms with van der Waals surface area (Å²) in [5, 5.41) is 0.725. The van der Waals surface area contributed by atoms with Crippen molar-refractivity contribution in [2.24, 2.45) is 0 Å². The fourth-order valence-corrected chi connectivity index (χ4v) is 3.58. The summed E-state index contributed by atoms with van der Waals surface area (Å²) in [6.45, 7) is 2.87. The largest absolute Gasteiger partial charge is 0.331 e. The maximum absolute atomic E-state index is 12.7. The predicted octanol–water partition coefficient (Wildman–Crippen LogP) is 5.00. The molecule has 0 aromatic heterocycles. The Labute approximate surface area is 143 Å². The smallest absolute Gasteiger partial charge is 0.223 e. The third-order valence-corrected chi connectivity index (χ3v) is 4.89. The van der Waals surface area contributed by atoms with Crippen molar-refractivity contribution in [2.75, 3.05) is 6.54 Å². The lowest BCUT2D eigenvalue weighted by Gasteiger charge is -2.38. The molecule has 3 heteroatoms. The van der Waals surface area contributed by atoms with Crippen LogP contribution in [-0.4, -0.2) is 17.4 Å². The standard InChI is InChI=1S/C20H22ClNO/c1-2-3-12-19(23)22-14-13-15-8-4-5-9-16(15)20(22)17-10-6-7-11-18(17)21/h4-11,20H,2-3,12-14H2,1H3. The van der Waals surface area contributed by atoms with Gasteiger partial charge in [0.25, 0.3) is 0 Å². The number of halogens is 1. The Morgan fingerprint density at radius 1 is 1.13 bits per heavy atom. The molecule has 23 heavy (non-hydrogen) atoms. The number of nitrogens with zero attached hydrogens (tertiary/aromatic N) is 1. The number of fused-ring (bicyclic) bond motifs is 1. The number of amides is 1. The third-order valence-electron chi connectivity index (χ3n) is 4.55. The molecule has 0 spiro atoms. The molecule has 0 saturated carbocycles. The summed E-state index contributed by atoms with van der Waals surface area (Å²) in [4.78, 5) is 14.8. The Kier molecular flexibility index (Phi) is 5.02. The highest BCUT2D eigenvalue weighted by Gasteiger charge is 2.32. The first kappa shape index (κ1) is 16.1. The third kappa shape index (κ3) is 3.28. The summed E-state index contributed by atoms with van der Waals surface area (Å²) < 4.78 is 0. The molecule has 2 aromatic carbocycles. The van der Waals surface area contributed by atoms with Crippen molar-refractivity contribution in [3.05, 3.63) is 70.2 Å². The Bertz CT molecular complexity index is 698. The van der Waals surface area contributed by atoms with E-state index in [1.165, 1.54) is 11.1 Å². The minimum atomic E-state index is -0.0713. The second kappa shape index (κ2) is 7.18. The van der Waals surface area contributed by atoms with E-state index in [0.717, 1.165) is 36.4 Å². The van der Waals surface area contributed by atoms with E-state index in [0.29, 0.717) is 6.42 Å². The predicted molar refractivity (Wildman–Crippen MR) is 94.7 cm³/mol. The number of carbonyl (C=O) groups excluding carboxylic acids is 1. The molecule has 1 amide bonds. The second-order valence-corrected chi connectivity index (χ2v) is 6.47. The van der Waals surface area contributed by atoms with Gasteiger partial charge in [-0.05, 0) is 35.6 Å². The Balaban J connectivity index is 2.04. The van der Waals surface area contributed by atoms with E-state index in [1.54, 1.807) is 0 Å². The van der Waals surface area contributed by atoms with E-state index >= 15 is 0 Å². The van der Waals surface area contributed by atoms with Gasteiger partial charge in [-0.2, -0.15) is 0 Å². The zero-order valence-electron chi connectivity index (χ0n) is 13.5. The highest BCUT2D eigenvalue weighted by atomic mass is 35.5. The molecule has 0 fully saturated rings. The van der Waals surface area contributed by atoms with Crippen LogP contribution >= 0.6 is 11.6 Å². The highest BCUT2D eigenvalue weighted by molar-refractivity contribution is 6.31. The molecule has 1 unspecified atom stereocenters. The van der Waals surface area contributed by atoms with Gasteiger partial charge in [0.1, 0.15) is 0 Å². The summed E-state index contributed by atoms with van der Waals surface area (Å²) in [5.74, 6) is 0.228. The van der Waals surface area contributed by atoms with Gasteiger partial charge in [-0.25, -0.2) is 0 Å². The van der Waals surface area contributed by atoms with Crippen molar-refractivity contribution in [3.8, 4) is 0 Å². The van der Waals surface area contributed by atoms with Gasteiger partial charge in [-0.1, -0.05) is 67.4 Å². The quantitative estimate of drug-likeness (QED) is 0.773. The number of rotatable bonds is 4.